The first kappa shape index (κ1) is 28.9. The normalized spacial score (nSPS) is 19.0. The lowest BCUT2D eigenvalue weighted by Gasteiger charge is -2.35. The van der Waals surface area contributed by atoms with E-state index in [-0.39, 0.29) is 23.4 Å². The Morgan fingerprint density at radius 1 is 1.24 bits per heavy atom. The molecule has 0 aliphatic carbocycles. The van der Waals surface area contributed by atoms with Crippen molar-refractivity contribution in [1.82, 2.24) is 9.47 Å². The summed E-state index contributed by atoms with van der Waals surface area (Å²) in [6.45, 7) is 7.63. The van der Waals surface area contributed by atoms with Crippen LogP contribution in [0, 0.1) is 24.2 Å². The van der Waals surface area contributed by atoms with E-state index in [1.54, 1.807) is 31.9 Å². The van der Waals surface area contributed by atoms with Gasteiger partial charge in [-0.3, -0.25) is 23.9 Å². The van der Waals surface area contributed by atoms with Gasteiger partial charge in [0.15, 0.2) is 0 Å². The van der Waals surface area contributed by atoms with Crippen LogP contribution >= 0.6 is 24.0 Å². The van der Waals surface area contributed by atoms with E-state index < -0.39 is 5.56 Å². The van der Waals surface area contributed by atoms with E-state index in [0.717, 1.165) is 32.1 Å². The molecular formula is C27H36N4O4S2. The summed E-state index contributed by atoms with van der Waals surface area (Å²) in [6, 6.07) is 2.03. The van der Waals surface area contributed by atoms with Crippen LogP contribution in [0.5, 0.6) is 0 Å². The number of pyridine rings is 1. The number of esters is 1. The Balaban J connectivity index is 1.98. The fourth-order valence-electron chi connectivity index (χ4n) is 4.91. The minimum Gasteiger partial charge on any atom is -0.466 e. The third kappa shape index (κ3) is 6.44. The third-order valence-corrected chi connectivity index (χ3v) is 8.32. The van der Waals surface area contributed by atoms with Crippen molar-refractivity contribution in [3.05, 3.63) is 31.9 Å². The lowest BCUT2D eigenvalue weighted by molar-refractivity contribution is -0.148. The van der Waals surface area contributed by atoms with Crippen molar-refractivity contribution in [3.63, 3.8) is 0 Å². The summed E-state index contributed by atoms with van der Waals surface area (Å²) in [5, 5.41) is 9.72. The Hall–Kier alpha value is -2.64. The van der Waals surface area contributed by atoms with Gasteiger partial charge < -0.3 is 9.64 Å². The van der Waals surface area contributed by atoms with Gasteiger partial charge in [-0.05, 0) is 44.7 Å². The first-order chi connectivity index (χ1) is 17.7. The smallest absolute Gasteiger partial charge is 0.310 e. The number of ether oxygens (including phenoxy) is 1. The SMILES string of the molecule is CCCCCCCN1C(=O)C(=Cc2c(C)c(C#N)c(=O)n(C)c2N2CCCC(C(=O)OCC)C2)SC1=S. The zero-order chi connectivity index (χ0) is 27.1. The van der Waals surface area contributed by atoms with Crippen molar-refractivity contribution in [2.24, 2.45) is 13.0 Å². The maximum atomic E-state index is 13.3. The summed E-state index contributed by atoms with van der Waals surface area (Å²) in [4.78, 5) is 43.0. The molecule has 2 saturated heterocycles. The molecule has 1 aromatic rings. The number of nitriles is 1. The van der Waals surface area contributed by atoms with Crippen LogP contribution in [0.25, 0.3) is 6.08 Å². The van der Waals surface area contributed by atoms with Crippen molar-refractivity contribution >= 4 is 52.1 Å². The van der Waals surface area contributed by atoms with Crippen LogP contribution in [0.3, 0.4) is 0 Å². The first-order valence-electron chi connectivity index (χ1n) is 13.1. The molecule has 3 rings (SSSR count). The highest BCUT2D eigenvalue weighted by Gasteiger charge is 2.34. The molecule has 1 unspecified atom stereocenters. The molecule has 2 aliphatic rings. The van der Waals surface area contributed by atoms with Crippen LogP contribution in [-0.2, 0) is 21.4 Å². The second-order valence-corrected chi connectivity index (χ2v) is 11.2. The average Bonchev–Trinajstić information content (AvgIpc) is 3.15. The summed E-state index contributed by atoms with van der Waals surface area (Å²) < 4.78 is 7.23. The van der Waals surface area contributed by atoms with Gasteiger partial charge in [-0.1, -0.05) is 56.6 Å². The second kappa shape index (κ2) is 13.2. The molecule has 3 heterocycles. The molecule has 1 aromatic heterocycles. The zero-order valence-corrected chi connectivity index (χ0v) is 23.8. The van der Waals surface area contributed by atoms with E-state index in [2.05, 4.69) is 6.92 Å². The van der Waals surface area contributed by atoms with Crippen molar-refractivity contribution in [2.45, 2.75) is 65.7 Å². The molecule has 2 aliphatic heterocycles. The monoisotopic (exact) mass is 544 g/mol. The van der Waals surface area contributed by atoms with E-state index >= 15 is 0 Å². The molecule has 37 heavy (non-hydrogen) atoms. The van der Waals surface area contributed by atoms with Crippen molar-refractivity contribution in [2.75, 3.05) is 31.1 Å². The Labute approximate surface area is 228 Å². The van der Waals surface area contributed by atoms with E-state index in [4.69, 9.17) is 17.0 Å². The number of carbonyl (C=O) groups is 2. The molecule has 0 spiro atoms. The summed E-state index contributed by atoms with van der Waals surface area (Å²) in [6.07, 6.45) is 8.66. The molecule has 200 valence electrons. The van der Waals surface area contributed by atoms with Crippen LogP contribution in [0.1, 0.15) is 75.5 Å². The zero-order valence-electron chi connectivity index (χ0n) is 22.2. The van der Waals surface area contributed by atoms with E-state index in [1.807, 2.05) is 11.0 Å². The highest BCUT2D eigenvalue weighted by atomic mass is 32.2. The minimum atomic E-state index is -0.398. The van der Waals surface area contributed by atoms with Gasteiger partial charge in [0, 0.05) is 32.2 Å². The van der Waals surface area contributed by atoms with E-state index in [9.17, 15) is 19.6 Å². The number of aromatic nitrogens is 1. The number of anilines is 1. The van der Waals surface area contributed by atoms with E-state index in [0.29, 0.717) is 58.8 Å². The standard InChI is InChI=1S/C27H36N4O4S2/c1-5-7-8-9-10-14-31-25(33)22(37-27(31)36)15-20-18(3)21(16-28)24(32)29(4)23(20)30-13-11-12-19(17-30)26(34)35-6-2/h15,19H,5-14,17H2,1-4H3. The fourth-order valence-corrected chi connectivity index (χ4v) is 6.20. The maximum absolute atomic E-state index is 13.3. The Kier molecular flexibility index (Phi) is 10.4. The molecular weight excluding hydrogens is 508 g/mol. The Bertz CT molecular complexity index is 1180. The van der Waals surface area contributed by atoms with Gasteiger partial charge in [-0.15, -0.1) is 0 Å². The second-order valence-electron chi connectivity index (χ2n) is 9.50. The molecule has 1 amide bonds. The number of amides is 1. The highest BCUT2D eigenvalue weighted by molar-refractivity contribution is 8.26. The van der Waals surface area contributed by atoms with Gasteiger partial charge in [-0.2, -0.15) is 5.26 Å². The third-order valence-electron chi connectivity index (χ3n) is 6.94. The summed E-state index contributed by atoms with van der Waals surface area (Å²) in [5.74, 6) is -0.103. The number of carbonyl (C=O) groups excluding carboxylic acids is 2. The number of rotatable bonds is 10. The molecule has 8 nitrogen and oxygen atoms in total. The lowest BCUT2D eigenvalue weighted by Crippen LogP contribution is -2.42. The molecule has 10 heteroatoms. The molecule has 0 N–H and O–H groups in total. The van der Waals surface area contributed by atoms with Crippen LogP contribution in [0.4, 0.5) is 5.82 Å². The molecule has 0 aromatic carbocycles. The molecule has 2 fully saturated rings. The molecule has 1 atom stereocenters. The lowest BCUT2D eigenvalue weighted by atomic mass is 9.96. The van der Waals surface area contributed by atoms with Crippen molar-refractivity contribution in [1.29, 1.82) is 5.26 Å². The van der Waals surface area contributed by atoms with Crippen molar-refractivity contribution in [3.8, 4) is 6.07 Å². The van der Waals surface area contributed by atoms with Gasteiger partial charge in [0.25, 0.3) is 11.5 Å². The number of thioether (sulfide) groups is 1. The van der Waals surface area contributed by atoms with Crippen LogP contribution in [-0.4, -0.2) is 51.9 Å². The average molecular weight is 545 g/mol. The summed E-state index contributed by atoms with van der Waals surface area (Å²) >= 11 is 6.78. The Morgan fingerprint density at radius 3 is 2.65 bits per heavy atom. The van der Waals surface area contributed by atoms with Gasteiger partial charge >= 0.3 is 5.97 Å². The predicted molar refractivity (Wildman–Crippen MR) is 151 cm³/mol. The largest absolute Gasteiger partial charge is 0.466 e. The van der Waals surface area contributed by atoms with Gasteiger partial charge in [0.1, 0.15) is 21.8 Å². The molecule has 0 bridgehead atoms. The topological polar surface area (TPSA) is 95.6 Å². The first-order valence-corrected chi connectivity index (χ1v) is 14.3. The van der Waals surface area contributed by atoms with Crippen LogP contribution in [0.15, 0.2) is 9.70 Å². The number of thiocarbonyl (C=S) groups is 1. The fraction of sp³-hybridized carbons (Fsp3) is 0.593. The Morgan fingerprint density at radius 2 is 1.97 bits per heavy atom. The van der Waals surface area contributed by atoms with E-state index in [1.165, 1.54) is 22.7 Å². The summed E-state index contributed by atoms with van der Waals surface area (Å²) in [5.41, 5.74) is 0.795. The number of unbranched alkanes of at least 4 members (excludes halogenated alkanes) is 4. The maximum Gasteiger partial charge on any atom is 0.310 e. The number of nitrogens with zero attached hydrogens (tertiary/aromatic N) is 4. The van der Waals surface area contributed by atoms with Crippen LogP contribution < -0.4 is 10.5 Å². The molecule has 0 radical (unpaired) electrons. The van der Waals surface area contributed by atoms with Gasteiger partial charge in [-0.25, -0.2) is 0 Å². The quantitative estimate of drug-likeness (QED) is 0.184. The van der Waals surface area contributed by atoms with Crippen molar-refractivity contribution < 1.29 is 14.3 Å². The minimum absolute atomic E-state index is 0.0443. The number of hydrogen-bond acceptors (Lipinski definition) is 8. The van der Waals surface area contributed by atoms with Gasteiger partial charge in [0.05, 0.1) is 17.4 Å². The van der Waals surface area contributed by atoms with Crippen LogP contribution in [0.2, 0.25) is 0 Å². The number of piperidine rings is 1. The van der Waals surface area contributed by atoms with Gasteiger partial charge in [0.2, 0.25) is 0 Å². The highest BCUT2D eigenvalue weighted by Crippen LogP contribution is 2.36. The molecule has 0 saturated carbocycles. The number of hydrogen-bond donors (Lipinski definition) is 0. The summed E-state index contributed by atoms with van der Waals surface area (Å²) in [7, 11) is 1.63. The predicted octanol–water partition coefficient (Wildman–Crippen LogP) is 4.52.